The Morgan fingerprint density at radius 3 is 1.31 bits per heavy atom. The largest absolute Gasteiger partial charge is 0.507 e. The zero-order valence-corrected chi connectivity index (χ0v) is 22.2. The Kier molecular flexibility index (Phi) is 4.22. The molecule has 0 heterocycles. The van der Waals surface area contributed by atoms with Crippen LogP contribution in [0.25, 0.3) is 11.5 Å². The van der Waals surface area contributed by atoms with Crippen molar-refractivity contribution < 1.29 is 49.2 Å². The first-order valence-corrected chi connectivity index (χ1v) is 13.6. The van der Waals surface area contributed by atoms with Crippen molar-refractivity contribution in [3.8, 4) is 11.5 Å². The number of aliphatic hydroxyl groups excluding tert-OH is 2. The molecule has 8 rings (SSSR count). The average Bonchev–Trinajstić information content (AvgIpc) is 3.34. The third kappa shape index (κ3) is 2.12. The van der Waals surface area contributed by atoms with Gasteiger partial charge in [0.2, 0.25) is 0 Å². The standard InChI is InChI=1S/C32H22O10/c1-9-3-11-17(15(35)5-9)25(37)23-28(40)22-13(7-33)19-20-14(8-34)21(31(19,23)29(11)41)27(39)24-26(38)18-12(30(42)32(20,22)24)4-10(2)6-16(18)36/h3-8,13-14,19-22,35-38H,1-2H3/t13-,14+,19+,20-,21+,22-,31?,32?. The molecule has 0 amide bonds. The molecule has 2 aromatic rings. The predicted octanol–water partition coefficient (Wildman–Crippen LogP) is 2.61. The van der Waals surface area contributed by atoms with Crippen molar-refractivity contribution in [2.75, 3.05) is 0 Å². The van der Waals surface area contributed by atoms with Crippen molar-refractivity contribution in [3.05, 3.63) is 68.8 Å². The molecular weight excluding hydrogens is 544 g/mol. The number of aldehydes is 2. The predicted molar refractivity (Wildman–Crippen MR) is 141 cm³/mol. The summed E-state index contributed by atoms with van der Waals surface area (Å²) in [5.74, 6) is -14.3. The van der Waals surface area contributed by atoms with Gasteiger partial charge in [-0.15, -0.1) is 0 Å². The number of carbonyl (C=O) groups is 6. The summed E-state index contributed by atoms with van der Waals surface area (Å²) in [6.07, 6.45) is 0.929. The van der Waals surface area contributed by atoms with Gasteiger partial charge in [0.25, 0.3) is 0 Å². The van der Waals surface area contributed by atoms with Crippen LogP contribution in [0, 0.1) is 60.2 Å². The van der Waals surface area contributed by atoms with Crippen molar-refractivity contribution >= 4 is 47.2 Å². The maximum Gasteiger partial charge on any atom is 0.175 e. The monoisotopic (exact) mass is 566 g/mol. The highest BCUT2D eigenvalue weighted by Gasteiger charge is 2.89. The first-order valence-electron chi connectivity index (χ1n) is 13.6. The van der Waals surface area contributed by atoms with Gasteiger partial charge in [0, 0.05) is 34.8 Å². The van der Waals surface area contributed by atoms with Crippen LogP contribution in [-0.2, 0) is 19.2 Å². The fraction of sp³-hybridized carbons (Fsp3) is 0.312. The van der Waals surface area contributed by atoms with Gasteiger partial charge in [-0.2, -0.15) is 0 Å². The summed E-state index contributed by atoms with van der Waals surface area (Å²) in [6, 6.07) is 5.39. The van der Waals surface area contributed by atoms with Crippen molar-refractivity contribution in [1.82, 2.24) is 0 Å². The lowest BCUT2D eigenvalue weighted by molar-refractivity contribution is -0.141. The highest BCUT2D eigenvalue weighted by molar-refractivity contribution is 6.31. The van der Waals surface area contributed by atoms with Crippen LogP contribution in [0.2, 0.25) is 0 Å². The van der Waals surface area contributed by atoms with E-state index in [1.54, 1.807) is 13.8 Å². The number of ketones is 4. The maximum atomic E-state index is 14.8. The van der Waals surface area contributed by atoms with Gasteiger partial charge in [-0.1, -0.05) is 0 Å². The number of hydrogen-bond donors (Lipinski definition) is 4. The molecule has 42 heavy (non-hydrogen) atoms. The van der Waals surface area contributed by atoms with Gasteiger partial charge >= 0.3 is 0 Å². The summed E-state index contributed by atoms with van der Waals surface area (Å²) in [7, 11) is 0. The zero-order valence-electron chi connectivity index (χ0n) is 22.2. The van der Waals surface area contributed by atoms with Gasteiger partial charge in [-0.05, 0) is 61.1 Å². The smallest absolute Gasteiger partial charge is 0.175 e. The molecule has 2 spiro atoms. The van der Waals surface area contributed by atoms with Crippen molar-refractivity contribution in [1.29, 1.82) is 0 Å². The molecule has 0 radical (unpaired) electrons. The van der Waals surface area contributed by atoms with Gasteiger partial charge in [0.1, 0.15) is 35.6 Å². The second-order valence-corrected chi connectivity index (χ2v) is 12.4. The summed E-state index contributed by atoms with van der Waals surface area (Å²) in [6.45, 7) is 3.19. The first-order chi connectivity index (χ1) is 19.9. The van der Waals surface area contributed by atoms with E-state index in [9.17, 15) is 49.2 Å². The molecule has 2 unspecified atom stereocenters. The first kappa shape index (κ1) is 24.9. The Bertz CT molecular complexity index is 1770. The molecule has 4 fully saturated rings. The molecule has 0 aliphatic heterocycles. The number of phenolic OH excluding ortho intramolecular Hbond substituents is 2. The van der Waals surface area contributed by atoms with E-state index in [0.29, 0.717) is 23.7 Å². The van der Waals surface area contributed by atoms with E-state index in [1.165, 1.54) is 24.3 Å². The van der Waals surface area contributed by atoms with Gasteiger partial charge in [0.15, 0.2) is 23.1 Å². The zero-order chi connectivity index (χ0) is 29.9. The van der Waals surface area contributed by atoms with Crippen LogP contribution in [0.3, 0.4) is 0 Å². The molecule has 8 atom stereocenters. The topological polar surface area (TPSA) is 183 Å². The molecule has 4 N–H and O–H groups in total. The highest BCUT2D eigenvalue weighted by atomic mass is 16.3. The van der Waals surface area contributed by atoms with E-state index in [-0.39, 0.29) is 22.3 Å². The van der Waals surface area contributed by atoms with Crippen LogP contribution in [0.15, 0.2) is 35.4 Å². The molecule has 10 heteroatoms. The summed E-state index contributed by atoms with van der Waals surface area (Å²) in [4.78, 5) is 84.6. The lowest BCUT2D eigenvalue weighted by Crippen LogP contribution is -2.63. The SMILES string of the molecule is Cc1cc(O)c2c(c1)C(=O)C13C(=C2O)C(=O)[C@H]2[C@H](C=O)[C@H]1[C@H]1[C@H](C=O)[C@H]3C(=O)C3=C(O)c4c(O)cc(C)cc4C(=O)C312. The normalized spacial score (nSPS) is 36.6. The second-order valence-electron chi connectivity index (χ2n) is 12.4. The fourth-order valence-corrected chi connectivity index (χ4v) is 10.1. The third-order valence-corrected chi connectivity index (χ3v) is 10.9. The minimum Gasteiger partial charge on any atom is -0.507 e. The number of hydrogen-bond acceptors (Lipinski definition) is 10. The van der Waals surface area contributed by atoms with Gasteiger partial charge in [-0.3, -0.25) is 19.2 Å². The van der Waals surface area contributed by atoms with Gasteiger partial charge in [-0.25, -0.2) is 0 Å². The van der Waals surface area contributed by atoms with Gasteiger partial charge < -0.3 is 30.0 Å². The number of carbonyl (C=O) groups excluding carboxylic acids is 6. The van der Waals surface area contributed by atoms with E-state index in [4.69, 9.17) is 0 Å². The number of aryl methyl sites for hydroxylation is 2. The van der Waals surface area contributed by atoms with Crippen molar-refractivity contribution in [3.63, 3.8) is 0 Å². The maximum absolute atomic E-state index is 14.8. The third-order valence-electron chi connectivity index (χ3n) is 10.9. The number of allylic oxidation sites excluding steroid dienone is 2. The van der Waals surface area contributed by atoms with Crippen molar-refractivity contribution in [2.24, 2.45) is 46.3 Å². The molecule has 4 bridgehead atoms. The van der Waals surface area contributed by atoms with E-state index in [0.717, 1.165) is 0 Å². The number of aliphatic hydroxyl groups is 2. The Hall–Kier alpha value is -4.86. The van der Waals surface area contributed by atoms with E-state index in [1.807, 2.05) is 0 Å². The summed E-state index contributed by atoms with van der Waals surface area (Å²) >= 11 is 0. The van der Waals surface area contributed by atoms with Crippen LogP contribution in [0.4, 0.5) is 0 Å². The summed E-state index contributed by atoms with van der Waals surface area (Å²) < 4.78 is 0. The molecular formula is C32H22O10. The summed E-state index contributed by atoms with van der Waals surface area (Å²) in [5, 5.41) is 44.8. The second kappa shape index (κ2) is 7.13. The Labute approximate surface area is 237 Å². The molecule has 10 nitrogen and oxygen atoms in total. The quantitative estimate of drug-likeness (QED) is 0.394. The number of phenols is 2. The van der Waals surface area contributed by atoms with Crippen LogP contribution in [0.5, 0.6) is 11.5 Å². The lowest BCUT2D eigenvalue weighted by Gasteiger charge is -2.54. The number of rotatable bonds is 2. The van der Waals surface area contributed by atoms with Gasteiger partial charge in [0.05, 0.1) is 33.1 Å². The Morgan fingerprint density at radius 2 is 0.976 bits per heavy atom. The number of Topliss-reactive ketones (excluding diaryl/α,β-unsaturated/α-hetero) is 4. The van der Waals surface area contributed by atoms with Crippen LogP contribution in [0.1, 0.15) is 43.0 Å². The molecule has 6 aliphatic carbocycles. The van der Waals surface area contributed by atoms with E-state index >= 15 is 0 Å². The van der Waals surface area contributed by atoms with Crippen LogP contribution >= 0.6 is 0 Å². The summed E-state index contributed by atoms with van der Waals surface area (Å²) in [5.41, 5.74) is -5.46. The number of benzene rings is 2. The van der Waals surface area contributed by atoms with E-state index < -0.39 is 104 Å². The molecule has 0 saturated heterocycles. The lowest BCUT2D eigenvalue weighted by atomic mass is 9.44. The highest BCUT2D eigenvalue weighted by Crippen LogP contribution is 2.82. The minimum absolute atomic E-state index is 0.181. The fourth-order valence-electron chi connectivity index (χ4n) is 10.1. The Morgan fingerprint density at radius 1 is 0.619 bits per heavy atom. The molecule has 0 aromatic heterocycles. The molecule has 4 saturated carbocycles. The number of aromatic hydroxyl groups is 2. The van der Waals surface area contributed by atoms with E-state index in [2.05, 4.69) is 0 Å². The molecule has 6 aliphatic rings. The number of fused-ring (bicyclic) bond motifs is 4. The molecule has 2 aromatic carbocycles. The van der Waals surface area contributed by atoms with Crippen LogP contribution < -0.4 is 0 Å². The van der Waals surface area contributed by atoms with Crippen LogP contribution in [-0.4, -0.2) is 56.1 Å². The van der Waals surface area contributed by atoms with Crippen molar-refractivity contribution in [2.45, 2.75) is 13.8 Å². The molecule has 210 valence electrons. The minimum atomic E-state index is -2.21. The average molecular weight is 567 g/mol. The Balaban J connectivity index is 1.58.